The SMILES string of the molecule is CC(C)(C)n1nnc(CCN=C=O)n1. The minimum absolute atomic E-state index is 0.167. The van der Waals surface area contributed by atoms with E-state index in [9.17, 15) is 4.79 Å². The minimum Gasteiger partial charge on any atom is -0.211 e. The van der Waals surface area contributed by atoms with E-state index < -0.39 is 0 Å². The summed E-state index contributed by atoms with van der Waals surface area (Å²) in [5.74, 6) is 0.596. The highest BCUT2D eigenvalue weighted by molar-refractivity contribution is 5.32. The molecule has 1 aromatic rings. The fourth-order valence-corrected chi connectivity index (χ4v) is 0.829. The zero-order chi connectivity index (χ0) is 10.6. The Kier molecular flexibility index (Phi) is 3.09. The molecule has 0 aliphatic heterocycles. The van der Waals surface area contributed by atoms with Gasteiger partial charge in [-0.1, -0.05) is 0 Å². The van der Waals surface area contributed by atoms with Gasteiger partial charge in [-0.2, -0.15) is 4.80 Å². The Bertz CT molecular complexity index is 345. The molecule has 76 valence electrons. The third kappa shape index (κ3) is 2.74. The van der Waals surface area contributed by atoms with Crippen LogP contribution >= 0.6 is 0 Å². The number of aliphatic imine (C=N–C) groups is 1. The standard InChI is InChI=1S/C8H13N5O/c1-8(2,3)13-11-7(10-12-13)4-5-9-6-14/h4-5H2,1-3H3. The molecule has 1 aromatic heterocycles. The maximum atomic E-state index is 9.81. The second-order valence-corrected chi connectivity index (χ2v) is 3.89. The fourth-order valence-electron chi connectivity index (χ4n) is 0.829. The van der Waals surface area contributed by atoms with Gasteiger partial charge in [-0.3, -0.25) is 0 Å². The lowest BCUT2D eigenvalue weighted by atomic mass is 10.1. The number of carbonyl (C=O) groups excluding carboxylic acids is 1. The molecule has 0 aromatic carbocycles. The van der Waals surface area contributed by atoms with E-state index in [-0.39, 0.29) is 5.54 Å². The van der Waals surface area contributed by atoms with Gasteiger partial charge in [-0.25, -0.2) is 9.79 Å². The smallest absolute Gasteiger partial charge is 0.211 e. The molecule has 6 heteroatoms. The summed E-state index contributed by atoms with van der Waals surface area (Å²) in [6, 6.07) is 0. The normalized spacial score (nSPS) is 11.1. The molecule has 0 fully saturated rings. The number of aromatic nitrogens is 4. The van der Waals surface area contributed by atoms with Crippen molar-refractivity contribution in [2.24, 2.45) is 4.99 Å². The van der Waals surface area contributed by atoms with Crippen molar-refractivity contribution in [3.8, 4) is 0 Å². The first-order valence-electron chi connectivity index (χ1n) is 4.37. The Labute approximate surface area is 82.0 Å². The summed E-state index contributed by atoms with van der Waals surface area (Å²) in [6.07, 6.45) is 1.99. The van der Waals surface area contributed by atoms with Gasteiger partial charge in [0.05, 0.1) is 12.1 Å². The minimum atomic E-state index is -0.167. The zero-order valence-corrected chi connectivity index (χ0v) is 8.56. The third-order valence-electron chi connectivity index (χ3n) is 1.57. The second kappa shape index (κ2) is 4.11. The van der Waals surface area contributed by atoms with E-state index in [0.717, 1.165) is 0 Å². The van der Waals surface area contributed by atoms with E-state index in [4.69, 9.17) is 0 Å². The summed E-state index contributed by atoms with van der Waals surface area (Å²) in [5, 5.41) is 11.9. The molecule has 0 unspecified atom stereocenters. The average molecular weight is 195 g/mol. The van der Waals surface area contributed by atoms with Crippen LogP contribution in [0.15, 0.2) is 4.99 Å². The number of tetrazole rings is 1. The van der Waals surface area contributed by atoms with Crippen LogP contribution in [0.5, 0.6) is 0 Å². The first-order valence-corrected chi connectivity index (χ1v) is 4.37. The molecule has 0 aliphatic rings. The van der Waals surface area contributed by atoms with Gasteiger partial charge in [0, 0.05) is 6.42 Å². The monoisotopic (exact) mass is 195 g/mol. The number of nitrogens with zero attached hydrogens (tertiary/aromatic N) is 5. The van der Waals surface area contributed by atoms with Crippen LogP contribution in [0.2, 0.25) is 0 Å². The number of hydrogen-bond donors (Lipinski definition) is 0. The van der Waals surface area contributed by atoms with E-state index in [2.05, 4.69) is 20.4 Å². The van der Waals surface area contributed by atoms with E-state index in [1.807, 2.05) is 20.8 Å². The molecular weight excluding hydrogens is 182 g/mol. The molecule has 0 amide bonds. The largest absolute Gasteiger partial charge is 0.234 e. The summed E-state index contributed by atoms with van der Waals surface area (Å²) >= 11 is 0. The van der Waals surface area contributed by atoms with E-state index in [1.165, 1.54) is 6.08 Å². The highest BCUT2D eigenvalue weighted by Gasteiger charge is 2.16. The zero-order valence-electron chi connectivity index (χ0n) is 8.56. The predicted octanol–water partition coefficient (Wildman–Crippen LogP) is 0.306. The lowest BCUT2D eigenvalue weighted by molar-refractivity contribution is 0.305. The molecule has 0 bridgehead atoms. The van der Waals surface area contributed by atoms with Crippen molar-refractivity contribution >= 4 is 6.08 Å². The third-order valence-corrected chi connectivity index (χ3v) is 1.57. The highest BCUT2D eigenvalue weighted by atomic mass is 16.1. The summed E-state index contributed by atoms with van der Waals surface area (Å²) in [6.45, 7) is 6.32. The Balaban J connectivity index is 2.64. The Morgan fingerprint density at radius 2 is 2.21 bits per heavy atom. The maximum Gasteiger partial charge on any atom is 0.234 e. The van der Waals surface area contributed by atoms with Crippen LogP contribution in [0.25, 0.3) is 0 Å². The molecule has 1 rings (SSSR count). The maximum absolute atomic E-state index is 9.81. The van der Waals surface area contributed by atoms with Crippen LogP contribution in [0.1, 0.15) is 26.6 Å². The van der Waals surface area contributed by atoms with Crippen LogP contribution in [-0.4, -0.2) is 32.8 Å². The van der Waals surface area contributed by atoms with Gasteiger partial charge in [-0.05, 0) is 26.0 Å². The molecule has 0 N–H and O–H groups in total. The van der Waals surface area contributed by atoms with Gasteiger partial charge < -0.3 is 0 Å². The van der Waals surface area contributed by atoms with Crippen LogP contribution < -0.4 is 0 Å². The summed E-state index contributed by atoms with van der Waals surface area (Å²) in [7, 11) is 0. The molecule has 0 aliphatic carbocycles. The number of rotatable bonds is 3. The Morgan fingerprint density at radius 3 is 2.71 bits per heavy atom. The Morgan fingerprint density at radius 1 is 1.50 bits per heavy atom. The molecule has 6 nitrogen and oxygen atoms in total. The van der Waals surface area contributed by atoms with Gasteiger partial charge in [-0.15, -0.1) is 10.2 Å². The fraction of sp³-hybridized carbons (Fsp3) is 0.750. The van der Waals surface area contributed by atoms with Gasteiger partial charge in [0.1, 0.15) is 0 Å². The van der Waals surface area contributed by atoms with Gasteiger partial charge in [0.25, 0.3) is 0 Å². The van der Waals surface area contributed by atoms with Crippen molar-refractivity contribution in [2.75, 3.05) is 6.54 Å². The van der Waals surface area contributed by atoms with Crippen molar-refractivity contribution in [2.45, 2.75) is 32.7 Å². The van der Waals surface area contributed by atoms with E-state index >= 15 is 0 Å². The van der Waals surface area contributed by atoms with Crippen molar-refractivity contribution in [3.63, 3.8) is 0 Å². The molecular formula is C8H13N5O. The first kappa shape index (κ1) is 10.5. The molecule has 1 heterocycles. The summed E-state index contributed by atoms with van der Waals surface area (Å²) < 4.78 is 0. The molecule has 0 saturated carbocycles. The van der Waals surface area contributed by atoms with Gasteiger partial charge in [0.15, 0.2) is 5.82 Å². The summed E-state index contributed by atoms with van der Waals surface area (Å²) in [5.41, 5.74) is -0.167. The van der Waals surface area contributed by atoms with Crippen molar-refractivity contribution in [3.05, 3.63) is 5.82 Å². The number of hydrogen-bond acceptors (Lipinski definition) is 5. The lowest BCUT2D eigenvalue weighted by Crippen LogP contribution is -2.24. The molecule has 0 radical (unpaired) electrons. The van der Waals surface area contributed by atoms with Crippen molar-refractivity contribution in [1.82, 2.24) is 20.2 Å². The quantitative estimate of drug-likeness (QED) is 0.514. The van der Waals surface area contributed by atoms with Crippen LogP contribution in [0.4, 0.5) is 0 Å². The van der Waals surface area contributed by atoms with Crippen molar-refractivity contribution in [1.29, 1.82) is 0 Å². The van der Waals surface area contributed by atoms with Crippen LogP contribution in [0.3, 0.4) is 0 Å². The van der Waals surface area contributed by atoms with E-state index in [0.29, 0.717) is 18.8 Å². The molecule has 0 atom stereocenters. The predicted molar refractivity (Wildman–Crippen MR) is 49.5 cm³/mol. The molecule has 0 spiro atoms. The van der Waals surface area contributed by atoms with Crippen molar-refractivity contribution < 1.29 is 4.79 Å². The first-order chi connectivity index (χ1) is 6.54. The number of isocyanates is 1. The average Bonchev–Trinajstić information content (AvgIpc) is 2.52. The molecule has 0 saturated heterocycles. The summed E-state index contributed by atoms with van der Waals surface area (Å²) in [4.78, 5) is 14.8. The molecule has 14 heavy (non-hydrogen) atoms. The lowest BCUT2D eigenvalue weighted by Gasteiger charge is -2.15. The second-order valence-electron chi connectivity index (χ2n) is 3.89. The highest BCUT2D eigenvalue weighted by Crippen LogP contribution is 2.08. The van der Waals surface area contributed by atoms with Crippen LogP contribution in [0, 0.1) is 0 Å². The topological polar surface area (TPSA) is 73.0 Å². The van der Waals surface area contributed by atoms with Gasteiger partial charge in [0.2, 0.25) is 6.08 Å². The van der Waals surface area contributed by atoms with Gasteiger partial charge >= 0.3 is 0 Å². The Hall–Kier alpha value is -1.55. The van der Waals surface area contributed by atoms with E-state index in [1.54, 1.807) is 4.80 Å². The van der Waals surface area contributed by atoms with Crippen LogP contribution in [-0.2, 0) is 16.8 Å².